The summed E-state index contributed by atoms with van der Waals surface area (Å²) in [5.41, 5.74) is 2.71. The highest BCUT2D eigenvalue weighted by Gasteiger charge is 2.20. The summed E-state index contributed by atoms with van der Waals surface area (Å²) in [5.74, 6) is 1.09. The third-order valence-electron chi connectivity index (χ3n) is 5.43. The lowest BCUT2D eigenvalue weighted by molar-refractivity contribution is 0.188. The number of aromatic amines is 1. The molecule has 2 heterocycles. The van der Waals surface area contributed by atoms with Crippen LogP contribution in [-0.2, 0) is 11.3 Å². The number of hydrogen-bond donors (Lipinski definition) is 2. The van der Waals surface area contributed by atoms with E-state index in [0.29, 0.717) is 29.4 Å². The Hall–Kier alpha value is -3.52. The summed E-state index contributed by atoms with van der Waals surface area (Å²) in [5, 5.41) is 18.4. The van der Waals surface area contributed by atoms with Crippen LogP contribution < -0.4 is 10.4 Å². The number of nitrogens with one attached hydrogen (secondary N) is 1. The van der Waals surface area contributed by atoms with Crippen LogP contribution in [0.3, 0.4) is 0 Å². The van der Waals surface area contributed by atoms with Gasteiger partial charge in [-0.3, -0.25) is 0 Å². The van der Waals surface area contributed by atoms with Crippen LogP contribution in [0, 0.1) is 0 Å². The van der Waals surface area contributed by atoms with Crippen molar-refractivity contribution < 1.29 is 14.6 Å². The molecule has 4 rings (SSSR count). The molecular formula is C23H26N4O4. The van der Waals surface area contributed by atoms with Gasteiger partial charge in [-0.1, -0.05) is 13.8 Å². The molecule has 0 bridgehead atoms. The molecule has 8 heteroatoms. The summed E-state index contributed by atoms with van der Waals surface area (Å²) in [4.78, 5) is 12.7. The minimum absolute atomic E-state index is 0.00621. The van der Waals surface area contributed by atoms with Crippen molar-refractivity contribution in [1.82, 2.24) is 19.3 Å². The van der Waals surface area contributed by atoms with Crippen molar-refractivity contribution in [2.24, 2.45) is 0 Å². The molecule has 0 unspecified atom stereocenters. The number of benzene rings is 2. The van der Waals surface area contributed by atoms with Crippen molar-refractivity contribution in [1.29, 1.82) is 0 Å². The molecule has 0 fully saturated rings. The van der Waals surface area contributed by atoms with Gasteiger partial charge in [0.2, 0.25) is 0 Å². The van der Waals surface area contributed by atoms with Crippen LogP contribution in [-0.4, -0.2) is 45.3 Å². The molecule has 162 valence electrons. The van der Waals surface area contributed by atoms with Crippen LogP contribution in [0.1, 0.15) is 25.3 Å². The smallest absolute Gasteiger partial charge is 0.348 e. The molecule has 0 radical (unpaired) electrons. The first-order valence-corrected chi connectivity index (χ1v) is 10.1. The zero-order chi connectivity index (χ0) is 22.1. The van der Waals surface area contributed by atoms with Crippen molar-refractivity contribution >= 4 is 10.9 Å². The lowest BCUT2D eigenvalue weighted by Crippen LogP contribution is -2.15. The van der Waals surface area contributed by atoms with E-state index in [9.17, 15) is 9.90 Å². The minimum Gasteiger partial charge on any atom is -0.507 e. The third-order valence-corrected chi connectivity index (χ3v) is 5.43. The molecule has 31 heavy (non-hydrogen) atoms. The zero-order valence-corrected chi connectivity index (χ0v) is 18.0. The Morgan fingerprint density at radius 1 is 1.16 bits per heavy atom. The van der Waals surface area contributed by atoms with Gasteiger partial charge in [0, 0.05) is 36.8 Å². The van der Waals surface area contributed by atoms with E-state index >= 15 is 0 Å². The predicted octanol–water partition coefficient (Wildman–Crippen LogP) is 3.67. The first-order valence-electron chi connectivity index (χ1n) is 10.1. The molecule has 0 amide bonds. The van der Waals surface area contributed by atoms with Crippen molar-refractivity contribution in [3.05, 3.63) is 58.6 Å². The van der Waals surface area contributed by atoms with Gasteiger partial charge in [0.1, 0.15) is 11.5 Å². The summed E-state index contributed by atoms with van der Waals surface area (Å²) < 4.78 is 14.2. The number of hydrogen-bond acceptors (Lipinski definition) is 5. The summed E-state index contributed by atoms with van der Waals surface area (Å²) in [6, 6.07) is 11.2. The number of phenols is 1. The van der Waals surface area contributed by atoms with Gasteiger partial charge in [-0.15, -0.1) is 0 Å². The highest BCUT2D eigenvalue weighted by molar-refractivity contribution is 5.83. The molecule has 0 saturated carbocycles. The Balaban J connectivity index is 1.84. The van der Waals surface area contributed by atoms with Gasteiger partial charge in [0.15, 0.2) is 5.82 Å². The van der Waals surface area contributed by atoms with E-state index in [-0.39, 0.29) is 17.4 Å². The number of aromatic hydroxyl groups is 1. The van der Waals surface area contributed by atoms with Crippen molar-refractivity contribution in [2.75, 3.05) is 20.8 Å². The largest absolute Gasteiger partial charge is 0.507 e. The lowest BCUT2D eigenvalue weighted by Gasteiger charge is -2.15. The number of H-pyrrole nitrogens is 1. The Kier molecular flexibility index (Phi) is 5.56. The molecule has 2 aromatic heterocycles. The van der Waals surface area contributed by atoms with Gasteiger partial charge in [0.05, 0.1) is 25.0 Å². The number of nitrogens with zero attached hydrogens (tertiary/aromatic N) is 3. The van der Waals surface area contributed by atoms with Gasteiger partial charge in [-0.05, 0) is 41.8 Å². The standard InChI is InChI=1S/C23H26N4O4/c1-14(2)17-12-18(20(28)13-21(17)31-4)22-24-25-23(29)27(22)16-5-6-19-15(11-16)7-8-26(19)9-10-30-3/h5-8,11-14,28H,9-10H2,1-4H3,(H,25,29). The lowest BCUT2D eigenvalue weighted by atomic mass is 9.98. The predicted molar refractivity (Wildman–Crippen MR) is 119 cm³/mol. The topological polar surface area (TPSA) is 94.3 Å². The Bertz CT molecular complexity index is 1280. The summed E-state index contributed by atoms with van der Waals surface area (Å²) in [6.45, 7) is 5.44. The maximum absolute atomic E-state index is 12.7. The summed E-state index contributed by atoms with van der Waals surface area (Å²) >= 11 is 0. The SMILES string of the molecule is COCCn1ccc2cc(-n3c(-c4cc(C(C)C)c(OC)cc4O)n[nH]c3=O)ccc21. The fraction of sp³-hybridized carbons (Fsp3) is 0.304. The van der Waals surface area contributed by atoms with Crippen LogP contribution in [0.5, 0.6) is 11.5 Å². The van der Waals surface area contributed by atoms with E-state index in [2.05, 4.69) is 14.8 Å². The van der Waals surface area contributed by atoms with E-state index in [4.69, 9.17) is 9.47 Å². The molecule has 0 saturated heterocycles. The number of phenolic OH excluding ortho intramolecular Hbond substituents is 1. The highest BCUT2D eigenvalue weighted by Crippen LogP contribution is 2.38. The maximum Gasteiger partial charge on any atom is 0.348 e. The molecule has 0 aliphatic carbocycles. The third kappa shape index (κ3) is 3.70. The molecule has 0 spiro atoms. The number of fused-ring (bicyclic) bond motifs is 1. The molecular weight excluding hydrogens is 396 g/mol. The van der Waals surface area contributed by atoms with Gasteiger partial charge in [0.25, 0.3) is 0 Å². The fourth-order valence-corrected chi connectivity index (χ4v) is 3.82. The average molecular weight is 422 g/mol. The molecule has 0 aliphatic heterocycles. The van der Waals surface area contributed by atoms with Gasteiger partial charge >= 0.3 is 5.69 Å². The Morgan fingerprint density at radius 3 is 2.68 bits per heavy atom. The first-order chi connectivity index (χ1) is 14.9. The van der Waals surface area contributed by atoms with Crippen molar-refractivity contribution in [3.8, 4) is 28.6 Å². The van der Waals surface area contributed by atoms with Crippen LogP contribution in [0.4, 0.5) is 0 Å². The van der Waals surface area contributed by atoms with Crippen LogP contribution in [0.2, 0.25) is 0 Å². The first kappa shape index (κ1) is 20.7. The average Bonchev–Trinajstić information content (AvgIpc) is 3.34. The number of rotatable bonds is 7. The molecule has 0 aliphatic rings. The minimum atomic E-state index is -0.380. The van der Waals surface area contributed by atoms with E-state index in [1.54, 1.807) is 20.3 Å². The molecule has 2 N–H and O–H groups in total. The molecule has 4 aromatic rings. The number of aromatic nitrogens is 4. The molecule has 2 aromatic carbocycles. The van der Waals surface area contributed by atoms with E-state index < -0.39 is 0 Å². The monoisotopic (exact) mass is 422 g/mol. The van der Waals surface area contributed by atoms with E-state index in [1.165, 1.54) is 4.57 Å². The second-order valence-corrected chi connectivity index (χ2v) is 7.70. The van der Waals surface area contributed by atoms with Crippen molar-refractivity contribution in [3.63, 3.8) is 0 Å². The molecule has 0 atom stereocenters. The quantitative estimate of drug-likeness (QED) is 0.474. The summed E-state index contributed by atoms with van der Waals surface area (Å²) in [7, 11) is 3.24. The van der Waals surface area contributed by atoms with Crippen LogP contribution >= 0.6 is 0 Å². The normalized spacial score (nSPS) is 11.5. The van der Waals surface area contributed by atoms with Crippen molar-refractivity contribution in [2.45, 2.75) is 26.3 Å². The fourth-order valence-electron chi connectivity index (χ4n) is 3.82. The number of ether oxygens (including phenoxy) is 2. The van der Waals surface area contributed by atoms with Crippen LogP contribution in [0.25, 0.3) is 28.0 Å². The van der Waals surface area contributed by atoms with Gasteiger partial charge in [-0.2, -0.15) is 5.10 Å². The van der Waals surface area contributed by atoms with Gasteiger partial charge in [-0.25, -0.2) is 14.5 Å². The Morgan fingerprint density at radius 2 is 1.97 bits per heavy atom. The van der Waals surface area contributed by atoms with Gasteiger partial charge < -0.3 is 19.1 Å². The van der Waals surface area contributed by atoms with E-state index in [0.717, 1.165) is 23.0 Å². The van der Waals surface area contributed by atoms with E-state index in [1.807, 2.05) is 50.4 Å². The second-order valence-electron chi connectivity index (χ2n) is 7.70. The second kappa shape index (κ2) is 8.31. The molecule has 8 nitrogen and oxygen atoms in total. The summed E-state index contributed by atoms with van der Waals surface area (Å²) in [6.07, 6.45) is 2.00. The number of methoxy groups -OCH3 is 2. The highest BCUT2D eigenvalue weighted by atomic mass is 16.5. The Labute approximate surface area is 179 Å². The zero-order valence-electron chi connectivity index (χ0n) is 18.0. The van der Waals surface area contributed by atoms with Crippen LogP contribution in [0.15, 0.2) is 47.4 Å². The maximum atomic E-state index is 12.7.